The highest BCUT2D eigenvalue weighted by molar-refractivity contribution is 6.69. The van der Waals surface area contributed by atoms with E-state index < -0.39 is 13.9 Å². The quantitative estimate of drug-likeness (QED) is 0.434. The van der Waals surface area contributed by atoms with E-state index in [1.165, 1.54) is 0 Å². The van der Waals surface area contributed by atoms with Gasteiger partial charge in [0.25, 0.3) is 0 Å². The molecular weight excluding hydrogens is 336 g/mol. The van der Waals surface area contributed by atoms with Crippen LogP contribution in [0.1, 0.15) is 29.4 Å². The first-order valence-corrected chi connectivity index (χ1v) is 12.2. The van der Waals surface area contributed by atoms with Crippen molar-refractivity contribution < 1.29 is 8.84 Å². The van der Waals surface area contributed by atoms with E-state index in [1.54, 1.807) is 6.26 Å². The van der Waals surface area contributed by atoms with E-state index in [0.717, 1.165) is 22.5 Å². The third kappa shape index (κ3) is 4.16. The van der Waals surface area contributed by atoms with Crippen molar-refractivity contribution in [3.8, 4) is 11.8 Å². The fraction of sp³-hybridized carbons (Fsp3) is 0.217. The molecule has 1 aromatic heterocycles. The van der Waals surface area contributed by atoms with Crippen molar-refractivity contribution in [2.45, 2.75) is 32.2 Å². The molecule has 0 aliphatic rings. The summed E-state index contributed by atoms with van der Waals surface area (Å²) in [6.45, 7) is 8.64. The van der Waals surface area contributed by atoms with Crippen molar-refractivity contribution in [1.29, 1.82) is 0 Å². The molecule has 3 rings (SSSR count). The Hall–Kier alpha value is -2.54. The molecule has 0 spiro atoms. The summed E-state index contributed by atoms with van der Waals surface area (Å²) in [5.41, 5.74) is 2.30. The molecule has 3 heteroatoms. The minimum absolute atomic E-state index is 0.671. The van der Waals surface area contributed by atoms with Crippen molar-refractivity contribution in [3.63, 3.8) is 0 Å². The van der Waals surface area contributed by atoms with Gasteiger partial charge in [-0.05, 0) is 56.9 Å². The third-order valence-electron chi connectivity index (χ3n) is 4.06. The zero-order valence-electron chi connectivity index (χ0n) is 15.7. The van der Waals surface area contributed by atoms with Gasteiger partial charge in [-0.15, -0.1) is 0 Å². The second kappa shape index (κ2) is 7.37. The highest BCUT2D eigenvalue weighted by Crippen LogP contribution is 2.38. The topological polar surface area (TPSA) is 22.4 Å². The van der Waals surface area contributed by atoms with Gasteiger partial charge in [-0.25, -0.2) is 0 Å². The van der Waals surface area contributed by atoms with E-state index >= 15 is 0 Å². The fourth-order valence-electron chi connectivity index (χ4n) is 3.07. The molecule has 0 radical (unpaired) electrons. The number of rotatable bonds is 4. The van der Waals surface area contributed by atoms with Gasteiger partial charge in [0.1, 0.15) is 11.4 Å². The smallest absolute Gasteiger partial charge is 0.185 e. The monoisotopic (exact) mass is 360 g/mol. The van der Waals surface area contributed by atoms with Crippen LogP contribution in [0.4, 0.5) is 0 Å². The Morgan fingerprint density at radius 2 is 1.54 bits per heavy atom. The van der Waals surface area contributed by atoms with Crippen molar-refractivity contribution in [2.24, 2.45) is 0 Å². The summed E-state index contributed by atoms with van der Waals surface area (Å²) in [4.78, 5) is 0. The Balaban J connectivity index is 2.10. The Labute approximate surface area is 157 Å². The second-order valence-corrected chi connectivity index (χ2v) is 11.8. The van der Waals surface area contributed by atoms with Gasteiger partial charge in [0.2, 0.25) is 0 Å². The average molecular weight is 361 g/mol. The summed E-state index contributed by atoms with van der Waals surface area (Å²) >= 11 is 0. The maximum absolute atomic E-state index is 6.63. The molecule has 0 N–H and O–H groups in total. The van der Waals surface area contributed by atoms with Gasteiger partial charge in [0.15, 0.2) is 8.32 Å². The molecule has 2 nitrogen and oxygen atoms in total. The molecular formula is C23H24O2Si. The van der Waals surface area contributed by atoms with Crippen LogP contribution in [0.25, 0.3) is 0 Å². The minimum Gasteiger partial charge on any atom is -0.466 e. The van der Waals surface area contributed by atoms with E-state index in [2.05, 4.69) is 44.5 Å². The van der Waals surface area contributed by atoms with E-state index in [1.807, 2.05) is 60.7 Å². The van der Waals surface area contributed by atoms with Crippen LogP contribution in [-0.4, -0.2) is 8.32 Å². The summed E-state index contributed by atoms with van der Waals surface area (Å²) in [5, 5.41) is 0. The van der Waals surface area contributed by atoms with Gasteiger partial charge in [0.05, 0.1) is 6.26 Å². The van der Waals surface area contributed by atoms with Crippen LogP contribution < -0.4 is 0 Å². The van der Waals surface area contributed by atoms with Crippen molar-refractivity contribution in [3.05, 3.63) is 95.4 Å². The van der Waals surface area contributed by atoms with E-state index in [9.17, 15) is 0 Å². The van der Waals surface area contributed by atoms with Crippen LogP contribution in [0, 0.1) is 11.8 Å². The van der Waals surface area contributed by atoms with Crippen LogP contribution in [0.15, 0.2) is 77.4 Å². The molecule has 3 aromatic rings. The second-order valence-electron chi connectivity index (χ2n) is 7.39. The van der Waals surface area contributed by atoms with Crippen molar-refractivity contribution in [2.75, 3.05) is 0 Å². The molecule has 2 aromatic carbocycles. The molecule has 0 saturated carbocycles. The number of furan rings is 1. The summed E-state index contributed by atoms with van der Waals surface area (Å²) in [6.07, 6.45) is 1.69. The first-order valence-electron chi connectivity index (χ1n) is 8.79. The van der Waals surface area contributed by atoms with Gasteiger partial charge in [-0.2, -0.15) is 0 Å². The summed E-state index contributed by atoms with van der Waals surface area (Å²) < 4.78 is 12.4. The van der Waals surface area contributed by atoms with E-state index in [4.69, 9.17) is 8.84 Å². The van der Waals surface area contributed by atoms with Crippen LogP contribution in [0.5, 0.6) is 0 Å². The third-order valence-corrected chi connectivity index (χ3v) is 5.08. The van der Waals surface area contributed by atoms with Crippen LogP contribution in [0.3, 0.4) is 0 Å². The summed E-state index contributed by atoms with van der Waals surface area (Å²) in [6, 6.07) is 22.1. The first-order chi connectivity index (χ1) is 12.4. The van der Waals surface area contributed by atoms with Gasteiger partial charge in [0, 0.05) is 16.7 Å². The van der Waals surface area contributed by atoms with Gasteiger partial charge < -0.3 is 8.84 Å². The SMILES string of the molecule is CC(O[Si](C)(C)C)(c1ccco1)c1ccccc1C#Cc1ccccc1. The molecule has 0 bridgehead atoms. The Morgan fingerprint density at radius 1 is 0.846 bits per heavy atom. The number of hydrogen-bond acceptors (Lipinski definition) is 2. The minimum atomic E-state index is -1.85. The highest BCUT2D eigenvalue weighted by atomic mass is 28.4. The van der Waals surface area contributed by atoms with Crippen molar-refractivity contribution in [1.82, 2.24) is 0 Å². The summed E-state index contributed by atoms with van der Waals surface area (Å²) in [7, 11) is -1.85. The Morgan fingerprint density at radius 3 is 2.19 bits per heavy atom. The molecule has 1 heterocycles. The van der Waals surface area contributed by atoms with E-state index in [0.29, 0.717) is 0 Å². The molecule has 1 unspecified atom stereocenters. The fourth-order valence-corrected chi connectivity index (χ4v) is 4.50. The van der Waals surface area contributed by atoms with E-state index in [-0.39, 0.29) is 0 Å². The lowest BCUT2D eigenvalue weighted by Gasteiger charge is -2.35. The number of hydrogen-bond donors (Lipinski definition) is 0. The van der Waals surface area contributed by atoms with Crippen LogP contribution in [0.2, 0.25) is 19.6 Å². The zero-order valence-corrected chi connectivity index (χ0v) is 16.7. The zero-order chi connectivity index (χ0) is 18.6. The van der Waals surface area contributed by atoms with Gasteiger partial charge >= 0.3 is 0 Å². The largest absolute Gasteiger partial charge is 0.466 e. The molecule has 1 atom stereocenters. The van der Waals surface area contributed by atoms with Crippen LogP contribution in [-0.2, 0) is 10.0 Å². The Kier molecular flexibility index (Phi) is 5.17. The van der Waals surface area contributed by atoms with Gasteiger partial charge in [-0.3, -0.25) is 0 Å². The molecule has 132 valence electrons. The lowest BCUT2D eigenvalue weighted by molar-refractivity contribution is 0.0966. The maximum Gasteiger partial charge on any atom is 0.185 e. The van der Waals surface area contributed by atoms with Gasteiger partial charge in [-0.1, -0.05) is 48.2 Å². The molecule has 0 saturated heterocycles. The molecule has 26 heavy (non-hydrogen) atoms. The van der Waals surface area contributed by atoms with Crippen molar-refractivity contribution >= 4 is 8.32 Å². The predicted molar refractivity (Wildman–Crippen MR) is 108 cm³/mol. The molecule has 0 aliphatic carbocycles. The average Bonchev–Trinajstić information content (AvgIpc) is 3.15. The molecule has 0 amide bonds. The Bertz CT molecular complexity index is 912. The lowest BCUT2D eigenvalue weighted by Crippen LogP contribution is -2.39. The maximum atomic E-state index is 6.63. The first kappa shape index (κ1) is 18.3. The van der Waals surface area contributed by atoms with Crippen LogP contribution >= 0.6 is 0 Å². The lowest BCUT2D eigenvalue weighted by atomic mass is 9.89. The highest BCUT2D eigenvalue weighted by Gasteiger charge is 2.38. The normalized spacial score (nSPS) is 13.5. The molecule has 0 aliphatic heterocycles. The molecule has 0 fully saturated rings. The summed E-state index contributed by atoms with van der Waals surface area (Å²) in [5.74, 6) is 7.38. The number of benzene rings is 2. The standard InChI is InChI=1S/C23H24O2Si/c1-23(25-26(2,3)4,22-15-10-18-24-22)21-14-9-8-13-20(21)17-16-19-11-6-5-7-12-19/h5-15,18H,1-4H3. The predicted octanol–water partition coefficient (Wildman–Crippen LogP) is 5.79.